The van der Waals surface area contributed by atoms with E-state index in [-0.39, 0.29) is 6.61 Å². The van der Waals surface area contributed by atoms with E-state index in [1.54, 1.807) is 18.0 Å². The van der Waals surface area contributed by atoms with Gasteiger partial charge in [-0.25, -0.2) is 0 Å². The molecule has 0 amide bonds. The average molecular weight is 329 g/mol. The first-order valence-corrected chi connectivity index (χ1v) is 8.53. The van der Waals surface area contributed by atoms with Crippen LogP contribution in [-0.2, 0) is 6.54 Å². The average Bonchev–Trinajstić information content (AvgIpc) is 3.15. The molecule has 6 heteroatoms. The zero-order valence-electron chi connectivity index (χ0n) is 13.0. The molecular weight excluding hydrogens is 310 g/mol. The zero-order chi connectivity index (χ0) is 16.1. The van der Waals surface area contributed by atoms with Gasteiger partial charge in [-0.3, -0.25) is 4.57 Å². The summed E-state index contributed by atoms with van der Waals surface area (Å²) in [7, 11) is 0. The van der Waals surface area contributed by atoms with Crippen LogP contribution in [0.2, 0.25) is 0 Å². The lowest BCUT2D eigenvalue weighted by atomic mass is 10.2. The number of thioether (sulfide) groups is 1. The van der Waals surface area contributed by atoms with Crippen molar-refractivity contribution in [3.8, 4) is 11.4 Å². The van der Waals surface area contributed by atoms with Gasteiger partial charge in [-0.2, -0.15) is 0 Å². The topological polar surface area (TPSA) is 64.1 Å². The number of furan rings is 1. The third-order valence-electron chi connectivity index (χ3n) is 3.53. The second-order valence-corrected chi connectivity index (χ2v) is 6.26. The van der Waals surface area contributed by atoms with E-state index in [1.165, 1.54) is 5.56 Å². The van der Waals surface area contributed by atoms with E-state index < -0.39 is 0 Å². The van der Waals surface area contributed by atoms with Crippen molar-refractivity contribution in [3.05, 3.63) is 54.0 Å². The molecule has 0 unspecified atom stereocenters. The molecule has 0 saturated heterocycles. The number of aliphatic hydroxyl groups excluding tert-OH is 1. The van der Waals surface area contributed by atoms with Crippen LogP contribution in [0.25, 0.3) is 11.4 Å². The first-order chi connectivity index (χ1) is 11.3. The summed E-state index contributed by atoms with van der Waals surface area (Å²) in [5.41, 5.74) is 2.15. The monoisotopic (exact) mass is 329 g/mol. The molecule has 5 nitrogen and oxygen atoms in total. The third-order valence-corrected chi connectivity index (χ3v) is 4.59. The van der Waals surface area contributed by atoms with Crippen molar-refractivity contribution in [1.82, 2.24) is 14.8 Å². The van der Waals surface area contributed by atoms with Gasteiger partial charge in [0, 0.05) is 12.4 Å². The van der Waals surface area contributed by atoms with Crippen LogP contribution in [0, 0.1) is 6.92 Å². The van der Waals surface area contributed by atoms with Crippen molar-refractivity contribution >= 4 is 11.8 Å². The molecule has 0 aliphatic carbocycles. The molecule has 0 bridgehead atoms. The lowest BCUT2D eigenvalue weighted by Gasteiger charge is -2.10. The highest BCUT2D eigenvalue weighted by Crippen LogP contribution is 2.28. The maximum Gasteiger partial charge on any atom is 0.191 e. The highest BCUT2D eigenvalue weighted by atomic mass is 32.2. The second-order valence-electron chi connectivity index (χ2n) is 5.19. The molecule has 0 atom stereocenters. The van der Waals surface area contributed by atoms with Crippen LogP contribution in [0.3, 0.4) is 0 Å². The predicted octanol–water partition coefficient (Wildman–Crippen LogP) is 3.37. The molecule has 0 fully saturated rings. The summed E-state index contributed by atoms with van der Waals surface area (Å²) in [6.45, 7) is 2.82. The maximum absolute atomic E-state index is 8.97. The van der Waals surface area contributed by atoms with Crippen LogP contribution < -0.4 is 0 Å². The van der Waals surface area contributed by atoms with Gasteiger partial charge in [-0.05, 0) is 25.0 Å². The third kappa shape index (κ3) is 3.65. The molecule has 23 heavy (non-hydrogen) atoms. The number of hydrogen-bond acceptors (Lipinski definition) is 5. The smallest absolute Gasteiger partial charge is 0.191 e. The number of benzene rings is 1. The van der Waals surface area contributed by atoms with Gasteiger partial charge in [-0.1, -0.05) is 42.1 Å². The highest BCUT2D eigenvalue weighted by Gasteiger charge is 2.17. The van der Waals surface area contributed by atoms with Crippen molar-refractivity contribution in [2.45, 2.75) is 25.0 Å². The number of aryl methyl sites for hydroxylation is 1. The molecule has 0 radical (unpaired) electrons. The molecule has 0 saturated carbocycles. The van der Waals surface area contributed by atoms with Gasteiger partial charge in [0.15, 0.2) is 11.0 Å². The quantitative estimate of drug-likeness (QED) is 0.532. The zero-order valence-corrected chi connectivity index (χ0v) is 13.8. The summed E-state index contributed by atoms with van der Waals surface area (Å²) in [5.74, 6) is 2.46. The minimum Gasteiger partial charge on any atom is -0.469 e. The summed E-state index contributed by atoms with van der Waals surface area (Å²) in [5, 5.41) is 18.5. The Balaban J connectivity index is 1.94. The highest BCUT2D eigenvalue weighted by molar-refractivity contribution is 7.99. The Bertz CT molecular complexity index is 752. The van der Waals surface area contributed by atoms with E-state index in [1.807, 2.05) is 31.2 Å². The van der Waals surface area contributed by atoms with E-state index in [0.717, 1.165) is 34.5 Å². The molecule has 0 spiro atoms. The Morgan fingerprint density at radius 3 is 2.70 bits per heavy atom. The van der Waals surface area contributed by atoms with Crippen LogP contribution in [0.1, 0.15) is 17.7 Å². The minimum absolute atomic E-state index is 0.188. The van der Waals surface area contributed by atoms with Crippen molar-refractivity contribution in [3.63, 3.8) is 0 Å². The Hall–Kier alpha value is -2.05. The predicted molar refractivity (Wildman–Crippen MR) is 90.4 cm³/mol. The summed E-state index contributed by atoms with van der Waals surface area (Å²) in [6.07, 6.45) is 2.41. The van der Waals surface area contributed by atoms with Gasteiger partial charge in [0.1, 0.15) is 5.76 Å². The Kier molecular flexibility index (Phi) is 5.15. The van der Waals surface area contributed by atoms with Crippen LogP contribution in [-0.4, -0.2) is 32.2 Å². The van der Waals surface area contributed by atoms with Crippen LogP contribution in [0.5, 0.6) is 0 Å². The molecule has 2 heterocycles. The van der Waals surface area contributed by atoms with Crippen LogP contribution in [0.15, 0.2) is 52.2 Å². The summed E-state index contributed by atoms with van der Waals surface area (Å²) in [6, 6.07) is 12.2. The standard InChI is InChI=1S/C17H19N3O2S/c1-13-15(8-10-22-13)16-18-19-17(23-11-5-9-21)20(16)12-14-6-3-2-4-7-14/h2-4,6-8,10,21H,5,9,11-12H2,1H3. The first-order valence-electron chi connectivity index (χ1n) is 7.55. The van der Waals surface area contributed by atoms with Crippen LogP contribution >= 0.6 is 11.8 Å². The van der Waals surface area contributed by atoms with E-state index in [2.05, 4.69) is 26.9 Å². The van der Waals surface area contributed by atoms with Crippen molar-refractivity contribution in [1.29, 1.82) is 0 Å². The minimum atomic E-state index is 0.188. The first kappa shape index (κ1) is 15.8. The van der Waals surface area contributed by atoms with E-state index in [0.29, 0.717) is 6.54 Å². The molecular formula is C17H19N3O2S. The lowest BCUT2D eigenvalue weighted by molar-refractivity contribution is 0.296. The van der Waals surface area contributed by atoms with Gasteiger partial charge in [-0.15, -0.1) is 10.2 Å². The number of hydrogen-bond donors (Lipinski definition) is 1. The summed E-state index contributed by atoms with van der Waals surface area (Å²) >= 11 is 1.61. The normalized spacial score (nSPS) is 11.0. The van der Waals surface area contributed by atoms with Gasteiger partial charge >= 0.3 is 0 Å². The number of aliphatic hydroxyl groups is 1. The van der Waals surface area contributed by atoms with Gasteiger partial charge in [0.05, 0.1) is 18.4 Å². The fourth-order valence-electron chi connectivity index (χ4n) is 2.35. The number of aromatic nitrogens is 3. The molecule has 3 rings (SSSR count). The lowest BCUT2D eigenvalue weighted by Crippen LogP contribution is -2.04. The second kappa shape index (κ2) is 7.48. The molecule has 120 valence electrons. The van der Waals surface area contributed by atoms with Crippen molar-refractivity contribution < 1.29 is 9.52 Å². The van der Waals surface area contributed by atoms with Gasteiger partial charge in [0.2, 0.25) is 0 Å². The number of rotatable bonds is 7. The molecule has 0 aliphatic rings. The fourth-order valence-corrected chi connectivity index (χ4v) is 3.21. The Morgan fingerprint density at radius 2 is 2.00 bits per heavy atom. The Morgan fingerprint density at radius 1 is 1.17 bits per heavy atom. The van der Waals surface area contributed by atoms with Gasteiger partial charge in [0.25, 0.3) is 0 Å². The van der Waals surface area contributed by atoms with Crippen LogP contribution in [0.4, 0.5) is 0 Å². The summed E-state index contributed by atoms with van der Waals surface area (Å²) < 4.78 is 7.52. The molecule has 2 aromatic heterocycles. The molecule has 0 aliphatic heterocycles. The summed E-state index contributed by atoms with van der Waals surface area (Å²) in [4.78, 5) is 0. The van der Waals surface area contributed by atoms with E-state index in [4.69, 9.17) is 9.52 Å². The van der Waals surface area contributed by atoms with Crippen molar-refractivity contribution in [2.75, 3.05) is 12.4 Å². The van der Waals surface area contributed by atoms with E-state index in [9.17, 15) is 0 Å². The fraction of sp³-hybridized carbons (Fsp3) is 0.294. The SMILES string of the molecule is Cc1occc1-c1nnc(SCCCO)n1Cc1ccccc1. The molecule has 3 aromatic rings. The van der Waals surface area contributed by atoms with E-state index >= 15 is 0 Å². The van der Waals surface area contributed by atoms with Crippen molar-refractivity contribution in [2.24, 2.45) is 0 Å². The number of nitrogens with zero attached hydrogens (tertiary/aromatic N) is 3. The molecule has 1 N–H and O–H groups in total. The Labute approximate surface area is 139 Å². The largest absolute Gasteiger partial charge is 0.469 e. The molecule has 1 aromatic carbocycles. The maximum atomic E-state index is 8.97. The van der Waals surface area contributed by atoms with Gasteiger partial charge < -0.3 is 9.52 Å².